The molecule has 0 spiro atoms. The Morgan fingerprint density at radius 2 is 1.91 bits per heavy atom. The third-order valence-corrected chi connectivity index (χ3v) is 9.92. The number of ketones is 1. The molecule has 0 heterocycles. The van der Waals surface area contributed by atoms with Crippen LogP contribution in [0.5, 0.6) is 0 Å². The molecule has 33 heavy (non-hydrogen) atoms. The van der Waals surface area contributed by atoms with E-state index >= 15 is 0 Å². The average molecular weight is 457 g/mol. The van der Waals surface area contributed by atoms with Crippen LogP contribution >= 0.6 is 0 Å². The highest BCUT2D eigenvalue weighted by atomic mass is 16.7. The number of aliphatic hydroxyl groups excluding tert-OH is 1. The van der Waals surface area contributed by atoms with Crippen LogP contribution in [0.3, 0.4) is 0 Å². The van der Waals surface area contributed by atoms with Gasteiger partial charge in [0, 0.05) is 23.7 Å². The van der Waals surface area contributed by atoms with Gasteiger partial charge >= 0.3 is 0 Å². The lowest BCUT2D eigenvalue weighted by Crippen LogP contribution is -2.63. The van der Waals surface area contributed by atoms with Gasteiger partial charge in [-0.2, -0.15) is 0 Å². The molecule has 2 unspecified atom stereocenters. The summed E-state index contributed by atoms with van der Waals surface area (Å²) in [5, 5.41) is 11.6. The second-order valence-electron chi connectivity index (χ2n) is 11.3. The Balaban J connectivity index is 1.64. The lowest BCUT2D eigenvalue weighted by Gasteiger charge is -2.61. The largest absolute Gasteiger partial charge is 0.392 e. The van der Waals surface area contributed by atoms with Crippen LogP contribution in [0.2, 0.25) is 0 Å². The van der Waals surface area contributed by atoms with E-state index in [1.165, 1.54) is 0 Å². The smallest absolute Gasteiger partial charge is 0.147 e. The molecule has 0 saturated heterocycles. The molecule has 1 aromatic rings. The summed E-state index contributed by atoms with van der Waals surface area (Å²) in [6, 6.07) is 10.0. The van der Waals surface area contributed by atoms with Gasteiger partial charge in [-0.15, -0.1) is 0 Å². The molecule has 3 saturated carbocycles. The minimum atomic E-state index is -0.729. The standard InChI is InChI=1S/C28H40O5/c1-5-26(3)15-23(31)27(4)21(16-29)11-13-28(14-12-22(30)24(27)28)19(2)25(26)33-18-32-17-20-9-7-6-8-10-20/h6-10,16,19,21,23-25,31H,5,11-15,17-18H2,1-4H3/t19-,21-,23+,24?,25?,26+,27-,28-/m0/s1. The van der Waals surface area contributed by atoms with Gasteiger partial charge in [-0.3, -0.25) is 4.79 Å². The minimum Gasteiger partial charge on any atom is -0.392 e. The predicted octanol–water partition coefficient (Wildman–Crippen LogP) is 4.94. The van der Waals surface area contributed by atoms with Crippen molar-refractivity contribution >= 4 is 12.1 Å². The Bertz CT molecular complexity index is 855. The highest BCUT2D eigenvalue weighted by molar-refractivity contribution is 5.86. The maximum atomic E-state index is 13.3. The van der Waals surface area contributed by atoms with Gasteiger partial charge in [0.2, 0.25) is 0 Å². The summed E-state index contributed by atoms with van der Waals surface area (Å²) in [4.78, 5) is 25.4. The molecule has 3 aliphatic carbocycles. The number of hydrogen-bond acceptors (Lipinski definition) is 5. The minimum absolute atomic E-state index is 0.124. The lowest BCUT2D eigenvalue weighted by atomic mass is 9.43. The summed E-state index contributed by atoms with van der Waals surface area (Å²) in [7, 11) is 0. The fourth-order valence-corrected chi connectivity index (χ4v) is 7.75. The van der Waals surface area contributed by atoms with Crippen LogP contribution in [0, 0.1) is 34.0 Å². The Labute approximate surface area is 198 Å². The zero-order valence-corrected chi connectivity index (χ0v) is 20.6. The van der Waals surface area contributed by atoms with Gasteiger partial charge in [0.1, 0.15) is 18.9 Å². The molecule has 8 atom stereocenters. The summed E-state index contributed by atoms with van der Waals surface area (Å²) < 4.78 is 12.4. The second-order valence-corrected chi connectivity index (χ2v) is 11.3. The number of ether oxygens (including phenoxy) is 2. The molecule has 2 bridgehead atoms. The Morgan fingerprint density at radius 3 is 2.58 bits per heavy atom. The number of carbonyl (C=O) groups excluding carboxylic acids is 2. The van der Waals surface area contributed by atoms with Crippen molar-refractivity contribution < 1.29 is 24.2 Å². The van der Waals surface area contributed by atoms with E-state index in [9.17, 15) is 14.7 Å². The number of aldehydes is 1. The van der Waals surface area contributed by atoms with Crippen molar-refractivity contribution in [3.8, 4) is 0 Å². The third kappa shape index (κ3) is 3.90. The summed E-state index contributed by atoms with van der Waals surface area (Å²) in [6.45, 7) is 9.24. The molecule has 1 aromatic carbocycles. The second kappa shape index (κ2) is 9.24. The molecule has 0 amide bonds. The van der Waals surface area contributed by atoms with Crippen molar-refractivity contribution in [1.29, 1.82) is 0 Å². The fraction of sp³-hybridized carbons (Fsp3) is 0.714. The summed E-state index contributed by atoms with van der Waals surface area (Å²) in [5.41, 5.74) is -0.145. The normalized spacial score (nSPS) is 42.9. The quantitative estimate of drug-likeness (QED) is 0.357. The number of carbonyl (C=O) groups is 2. The van der Waals surface area contributed by atoms with E-state index in [2.05, 4.69) is 20.8 Å². The van der Waals surface area contributed by atoms with E-state index in [1.807, 2.05) is 37.3 Å². The van der Waals surface area contributed by atoms with Crippen LogP contribution in [-0.2, 0) is 25.7 Å². The average Bonchev–Trinajstić information content (AvgIpc) is 3.17. The predicted molar refractivity (Wildman–Crippen MR) is 126 cm³/mol. The first kappa shape index (κ1) is 24.6. The van der Waals surface area contributed by atoms with E-state index < -0.39 is 11.5 Å². The first-order chi connectivity index (χ1) is 15.7. The monoisotopic (exact) mass is 456 g/mol. The Hall–Kier alpha value is -1.56. The van der Waals surface area contributed by atoms with Crippen LogP contribution in [0.1, 0.15) is 71.8 Å². The van der Waals surface area contributed by atoms with Crippen LogP contribution in [0.4, 0.5) is 0 Å². The van der Waals surface area contributed by atoms with Gasteiger partial charge in [-0.05, 0) is 54.4 Å². The van der Waals surface area contributed by atoms with Crippen LogP contribution in [0.15, 0.2) is 30.3 Å². The SMILES string of the molecule is CC[C@]1(C)C[C@@H](O)[C@@]2(C)C3C(=O)CC[C@@]3(CC[C@H]2C=O)[C@@H](C)C1OCOCc1ccccc1. The van der Waals surface area contributed by atoms with Crippen molar-refractivity contribution in [2.75, 3.05) is 6.79 Å². The van der Waals surface area contributed by atoms with Crippen molar-refractivity contribution in [1.82, 2.24) is 0 Å². The molecule has 4 rings (SSSR count). The highest BCUT2D eigenvalue weighted by Gasteiger charge is 2.68. The zero-order valence-electron chi connectivity index (χ0n) is 20.6. The molecule has 3 aliphatic rings. The van der Waals surface area contributed by atoms with Gasteiger partial charge in [0.25, 0.3) is 0 Å². The Kier molecular flexibility index (Phi) is 6.88. The van der Waals surface area contributed by atoms with Crippen molar-refractivity contribution in [3.63, 3.8) is 0 Å². The van der Waals surface area contributed by atoms with Crippen LogP contribution in [0.25, 0.3) is 0 Å². The summed E-state index contributed by atoms with van der Waals surface area (Å²) in [6.07, 6.45) is 4.39. The highest BCUT2D eigenvalue weighted by Crippen LogP contribution is 2.67. The first-order valence-electron chi connectivity index (χ1n) is 12.6. The number of benzene rings is 1. The van der Waals surface area contributed by atoms with E-state index in [4.69, 9.17) is 9.47 Å². The van der Waals surface area contributed by atoms with Gasteiger partial charge in [-0.1, -0.05) is 58.0 Å². The molecule has 1 N–H and O–H groups in total. The molecule has 182 valence electrons. The van der Waals surface area contributed by atoms with Crippen molar-refractivity contribution in [2.45, 2.75) is 85.0 Å². The van der Waals surface area contributed by atoms with Crippen LogP contribution in [-0.4, -0.2) is 36.2 Å². The van der Waals surface area contributed by atoms with E-state index in [0.29, 0.717) is 19.4 Å². The van der Waals surface area contributed by atoms with Gasteiger partial charge < -0.3 is 19.4 Å². The fourth-order valence-electron chi connectivity index (χ4n) is 7.75. The lowest BCUT2D eigenvalue weighted by molar-refractivity contribution is -0.225. The molecule has 5 heteroatoms. The first-order valence-corrected chi connectivity index (χ1v) is 12.6. The number of hydrogen-bond donors (Lipinski definition) is 1. The molecular formula is C28H40O5. The zero-order chi connectivity index (χ0) is 23.9. The maximum absolute atomic E-state index is 13.3. The molecular weight excluding hydrogens is 416 g/mol. The molecule has 3 fully saturated rings. The third-order valence-electron chi connectivity index (χ3n) is 9.92. The van der Waals surface area contributed by atoms with Gasteiger partial charge in [0.05, 0.1) is 18.8 Å². The number of rotatable bonds is 7. The van der Waals surface area contributed by atoms with E-state index in [1.54, 1.807) is 0 Å². The molecule has 5 nitrogen and oxygen atoms in total. The maximum Gasteiger partial charge on any atom is 0.147 e. The topological polar surface area (TPSA) is 72.8 Å². The van der Waals surface area contributed by atoms with Crippen LogP contribution < -0.4 is 0 Å². The summed E-state index contributed by atoms with van der Waals surface area (Å²) >= 11 is 0. The molecule has 0 aromatic heterocycles. The van der Waals surface area contributed by atoms with Crippen molar-refractivity contribution in [2.24, 2.45) is 34.0 Å². The number of aliphatic hydroxyl groups is 1. The summed E-state index contributed by atoms with van der Waals surface area (Å²) in [5.74, 6) is -0.239. The van der Waals surface area contributed by atoms with E-state index in [0.717, 1.165) is 37.5 Å². The van der Waals surface area contributed by atoms with E-state index in [-0.39, 0.29) is 47.3 Å². The molecule has 0 aliphatic heterocycles. The number of Topliss-reactive ketones (excluding diaryl/α,β-unsaturated/α-hetero) is 1. The van der Waals surface area contributed by atoms with Gasteiger partial charge in [-0.25, -0.2) is 0 Å². The van der Waals surface area contributed by atoms with Gasteiger partial charge in [0.15, 0.2) is 0 Å². The Morgan fingerprint density at radius 1 is 1.18 bits per heavy atom. The van der Waals surface area contributed by atoms with Crippen molar-refractivity contribution in [3.05, 3.63) is 35.9 Å². The molecule has 0 radical (unpaired) electrons.